The zero-order chi connectivity index (χ0) is 12.4. The zero-order valence-electron chi connectivity index (χ0n) is 8.26. The normalized spacial score (nSPS) is 10.5. The first-order valence-electron chi connectivity index (χ1n) is 4.44. The van der Waals surface area contributed by atoms with Crippen molar-refractivity contribution in [3.8, 4) is 11.5 Å². The van der Waals surface area contributed by atoms with E-state index in [1.807, 2.05) is 0 Å². The van der Waals surface area contributed by atoms with Crippen LogP contribution < -0.4 is 0 Å². The average molecular weight is 258 g/mol. The fourth-order valence-electron chi connectivity index (χ4n) is 1.26. The summed E-state index contributed by atoms with van der Waals surface area (Å²) in [7, 11) is 0. The molecule has 0 bridgehead atoms. The van der Waals surface area contributed by atoms with E-state index < -0.39 is 10.7 Å². The van der Waals surface area contributed by atoms with Crippen LogP contribution in [0.2, 0.25) is 0 Å². The van der Waals surface area contributed by atoms with Gasteiger partial charge in [0, 0.05) is 6.07 Å². The third-order valence-corrected chi connectivity index (χ3v) is 2.20. The lowest BCUT2D eigenvalue weighted by atomic mass is 10.2. The number of nitro benzene ring substituents is 1. The first-order valence-corrected chi connectivity index (χ1v) is 4.98. The summed E-state index contributed by atoms with van der Waals surface area (Å²) in [5.74, 6) is -0.667. The highest BCUT2D eigenvalue weighted by atomic mass is 35.5. The van der Waals surface area contributed by atoms with Crippen molar-refractivity contribution in [2.45, 2.75) is 5.88 Å². The summed E-state index contributed by atoms with van der Waals surface area (Å²) in [5, 5.41) is 17.9. The molecular weight excluding hydrogens is 253 g/mol. The smallest absolute Gasteiger partial charge is 0.282 e. The molecule has 2 rings (SSSR count). The van der Waals surface area contributed by atoms with Gasteiger partial charge in [-0.25, -0.2) is 4.39 Å². The van der Waals surface area contributed by atoms with E-state index >= 15 is 0 Å². The van der Waals surface area contributed by atoms with Gasteiger partial charge in [-0.1, -0.05) is 0 Å². The second kappa shape index (κ2) is 4.46. The van der Waals surface area contributed by atoms with Crippen molar-refractivity contribution in [1.29, 1.82) is 0 Å². The Balaban J connectivity index is 2.56. The van der Waals surface area contributed by atoms with E-state index in [9.17, 15) is 14.5 Å². The van der Waals surface area contributed by atoms with E-state index in [0.29, 0.717) is 0 Å². The third kappa shape index (κ3) is 2.23. The van der Waals surface area contributed by atoms with Crippen LogP contribution in [0.4, 0.5) is 10.1 Å². The van der Waals surface area contributed by atoms with Crippen LogP contribution in [0, 0.1) is 15.9 Å². The Morgan fingerprint density at radius 3 is 2.82 bits per heavy atom. The molecule has 17 heavy (non-hydrogen) atoms. The molecule has 0 aliphatic heterocycles. The summed E-state index contributed by atoms with van der Waals surface area (Å²) in [4.78, 5) is 10.1. The molecule has 0 atom stereocenters. The van der Waals surface area contributed by atoms with Crippen LogP contribution >= 0.6 is 11.6 Å². The predicted molar refractivity (Wildman–Crippen MR) is 55.9 cm³/mol. The van der Waals surface area contributed by atoms with Crippen LogP contribution in [0.3, 0.4) is 0 Å². The molecule has 0 aliphatic carbocycles. The molecule has 0 aliphatic rings. The van der Waals surface area contributed by atoms with Gasteiger partial charge in [0.1, 0.15) is 17.3 Å². The number of halogens is 2. The summed E-state index contributed by atoms with van der Waals surface area (Å²) < 4.78 is 18.1. The maximum absolute atomic E-state index is 13.0. The molecule has 1 aromatic heterocycles. The quantitative estimate of drug-likeness (QED) is 0.479. The van der Waals surface area contributed by atoms with Gasteiger partial charge in [0.2, 0.25) is 5.89 Å². The van der Waals surface area contributed by atoms with Gasteiger partial charge in [-0.2, -0.15) is 0 Å². The molecule has 0 amide bonds. The van der Waals surface area contributed by atoms with Gasteiger partial charge in [0.15, 0.2) is 0 Å². The molecule has 0 radical (unpaired) electrons. The largest absolute Gasteiger partial charge is 0.419 e. The van der Waals surface area contributed by atoms with E-state index in [1.54, 1.807) is 0 Å². The first kappa shape index (κ1) is 11.5. The lowest BCUT2D eigenvalue weighted by molar-refractivity contribution is -0.384. The molecule has 0 N–H and O–H groups in total. The fraction of sp³-hybridized carbons (Fsp3) is 0.111. The van der Waals surface area contributed by atoms with Crippen molar-refractivity contribution < 1.29 is 13.7 Å². The Morgan fingerprint density at radius 2 is 2.24 bits per heavy atom. The Hall–Kier alpha value is -2.02. The van der Waals surface area contributed by atoms with E-state index in [1.165, 1.54) is 0 Å². The highest BCUT2D eigenvalue weighted by Gasteiger charge is 2.20. The number of alkyl halides is 1. The summed E-state index contributed by atoms with van der Waals surface area (Å²) in [6, 6.07) is 2.99. The van der Waals surface area contributed by atoms with Crippen LogP contribution in [0.1, 0.15) is 5.89 Å². The highest BCUT2D eigenvalue weighted by Crippen LogP contribution is 2.29. The van der Waals surface area contributed by atoms with E-state index in [4.69, 9.17) is 16.0 Å². The maximum Gasteiger partial charge on any atom is 0.282 e. The second-order valence-electron chi connectivity index (χ2n) is 3.05. The zero-order valence-corrected chi connectivity index (χ0v) is 9.02. The number of nitrogens with zero attached hydrogens (tertiary/aromatic N) is 3. The van der Waals surface area contributed by atoms with Crippen molar-refractivity contribution in [2.24, 2.45) is 0 Å². The lowest BCUT2D eigenvalue weighted by Gasteiger charge is -1.97. The number of hydrogen-bond donors (Lipinski definition) is 0. The molecule has 88 valence electrons. The van der Waals surface area contributed by atoms with E-state index in [-0.39, 0.29) is 28.9 Å². The first-order chi connectivity index (χ1) is 8.11. The summed E-state index contributed by atoms with van der Waals surface area (Å²) in [5.41, 5.74) is -0.380. The molecule has 0 unspecified atom stereocenters. The monoisotopic (exact) mass is 257 g/mol. The van der Waals surface area contributed by atoms with Crippen LogP contribution in [0.5, 0.6) is 0 Å². The molecule has 8 heteroatoms. The van der Waals surface area contributed by atoms with Crippen LogP contribution in [0.15, 0.2) is 22.6 Å². The molecule has 1 heterocycles. The van der Waals surface area contributed by atoms with E-state index in [2.05, 4.69) is 10.2 Å². The second-order valence-corrected chi connectivity index (χ2v) is 3.32. The van der Waals surface area contributed by atoms with Gasteiger partial charge in [-0.3, -0.25) is 10.1 Å². The topological polar surface area (TPSA) is 82.1 Å². The Kier molecular flexibility index (Phi) is 3.01. The van der Waals surface area contributed by atoms with Gasteiger partial charge >= 0.3 is 0 Å². The van der Waals surface area contributed by atoms with Crippen molar-refractivity contribution >= 4 is 17.3 Å². The molecular formula is C9H5ClFN3O3. The number of aromatic nitrogens is 2. The predicted octanol–water partition coefficient (Wildman–Crippen LogP) is 2.52. The lowest BCUT2D eigenvalue weighted by Crippen LogP contribution is -1.93. The third-order valence-electron chi connectivity index (χ3n) is 1.97. The molecule has 0 spiro atoms. The van der Waals surface area contributed by atoms with E-state index in [0.717, 1.165) is 18.2 Å². The van der Waals surface area contributed by atoms with Gasteiger partial charge < -0.3 is 4.42 Å². The van der Waals surface area contributed by atoms with Crippen LogP contribution in [-0.2, 0) is 5.88 Å². The minimum atomic E-state index is -0.653. The van der Waals surface area contributed by atoms with Crippen molar-refractivity contribution in [3.05, 3.63) is 40.0 Å². The highest BCUT2D eigenvalue weighted by molar-refractivity contribution is 6.16. The maximum atomic E-state index is 13.0. The summed E-state index contributed by atoms with van der Waals surface area (Å²) in [6.07, 6.45) is 0. The Morgan fingerprint density at radius 1 is 1.47 bits per heavy atom. The van der Waals surface area contributed by atoms with Crippen molar-refractivity contribution in [1.82, 2.24) is 10.2 Å². The van der Waals surface area contributed by atoms with Crippen molar-refractivity contribution in [3.63, 3.8) is 0 Å². The summed E-state index contributed by atoms with van der Waals surface area (Å²) in [6.45, 7) is 0. The van der Waals surface area contributed by atoms with Crippen molar-refractivity contribution in [2.75, 3.05) is 0 Å². The van der Waals surface area contributed by atoms with Gasteiger partial charge in [-0.15, -0.1) is 21.8 Å². The molecule has 0 fully saturated rings. The number of benzene rings is 1. The molecule has 6 nitrogen and oxygen atoms in total. The fourth-order valence-corrected chi connectivity index (χ4v) is 1.36. The number of nitro groups is 1. The number of hydrogen-bond acceptors (Lipinski definition) is 5. The Labute approximate surface area is 99.2 Å². The van der Waals surface area contributed by atoms with Gasteiger partial charge in [-0.05, 0) is 12.1 Å². The molecule has 2 aromatic rings. The van der Waals surface area contributed by atoms with Gasteiger partial charge in [0.25, 0.3) is 11.6 Å². The average Bonchev–Trinajstić information content (AvgIpc) is 2.76. The minimum Gasteiger partial charge on any atom is -0.419 e. The standard InChI is InChI=1S/C9H5ClFN3O3/c10-4-8-12-13-9(17-8)6-3-5(11)1-2-7(6)14(15)16/h1-3H,4H2. The Bertz CT molecular complexity index is 572. The molecule has 1 aromatic carbocycles. The minimum absolute atomic E-state index is 0.0177. The van der Waals surface area contributed by atoms with Crippen LogP contribution in [-0.4, -0.2) is 15.1 Å². The SMILES string of the molecule is O=[N+]([O-])c1ccc(F)cc1-c1nnc(CCl)o1. The summed E-state index contributed by atoms with van der Waals surface area (Å²) >= 11 is 5.46. The van der Waals surface area contributed by atoms with Crippen LogP contribution in [0.25, 0.3) is 11.5 Å². The number of rotatable bonds is 3. The van der Waals surface area contributed by atoms with Gasteiger partial charge in [0.05, 0.1) is 4.92 Å². The molecule has 0 saturated heterocycles. The molecule has 0 saturated carbocycles.